The van der Waals surface area contributed by atoms with Gasteiger partial charge in [0, 0.05) is 45.5 Å². The molecule has 0 N–H and O–H groups in total. The van der Waals surface area contributed by atoms with Gasteiger partial charge in [0.05, 0.1) is 0 Å². The van der Waals surface area contributed by atoms with E-state index in [0.29, 0.717) is 12.0 Å². The van der Waals surface area contributed by atoms with Crippen molar-refractivity contribution in [3.63, 3.8) is 0 Å². The lowest BCUT2D eigenvalue weighted by Gasteiger charge is -2.20. The molecule has 5 nitrogen and oxygen atoms in total. The zero-order chi connectivity index (χ0) is 16.2. The first-order chi connectivity index (χ1) is 11.2. The summed E-state index contributed by atoms with van der Waals surface area (Å²) in [5.74, 6) is 1.84. The number of imidazole rings is 1. The van der Waals surface area contributed by atoms with E-state index in [2.05, 4.69) is 34.4 Å². The highest BCUT2D eigenvalue weighted by Gasteiger charge is 2.26. The molecule has 1 fully saturated rings. The van der Waals surface area contributed by atoms with E-state index < -0.39 is 0 Å². The Morgan fingerprint density at radius 2 is 2.26 bits per heavy atom. The first-order valence-electron chi connectivity index (χ1n) is 8.72. The predicted octanol–water partition coefficient (Wildman–Crippen LogP) is 2.74. The minimum atomic E-state index is 0.638. The Kier molecular flexibility index (Phi) is 5.28. The van der Waals surface area contributed by atoms with Crippen LogP contribution in [0.3, 0.4) is 0 Å². The minimum Gasteiger partial charge on any atom is -0.385 e. The first kappa shape index (κ1) is 16.4. The molecule has 1 saturated heterocycles. The fraction of sp³-hybridized carbons (Fsp3) is 0.667. The molecule has 1 aliphatic heterocycles. The third kappa shape index (κ3) is 3.72. The Morgan fingerprint density at radius 1 is 1.39 bits per heavy atom. The minimum absolute atomic E-state index is 0.638. The van der Waals surface area contributed by atoms with Crippen LogP contribution in [0, 0.1) is 5.92 Å². The third-order valence-corrected chi connectivity index (χ3v) is 4.82. The highest BCUT2D eigenvalue weighted by atomic mass is 16.5. The zero-order valence-electron chi connectivity index (χ0n) is 14.5. The summed E-state index contributed by atoms with van der Waals surface area (Å²) >= 11 is 0. The van der Waals surface area contributed by atoms with Gasteiger partial charge in [-0.3, -0.25) is 0 Å². The second-order valence-corrected chi connectivity index (χ2v) is 6.82. The van der Waals surface area contributed by atoms with Crippen molar-refractivity contribution in [2.75, 3.05) is 26.8 Å². The number of ether oxygens (including phenoxy) is 1. The molecule has 1 unspecified atom stereocenters. The molecule has 0 saturated carbocycles. The number of likely N-dealkylation sites (tertiary alicyclic amines) is 1. The standard InChI is InChI=1S/C18H28N4O/c1-14(2)21-10-8-15(12-21)13-22-17(7-5-11-23-3)20-16-6-4-9-19-18(16)22/h4,6,9,14-15H,5,7-8,10-13H2,1-3H3. The van der Waals surface area contributed by atoms with Crippen molar-refractivity contribution < 1.29 is 4.74 Å². The molecule has 3 rings (SSSR count). The lowest BCUT2D eigenvalue weighted by Crippen LogP contribution is -2.29. The van der Waals surface area contributed by atoms with Crippen molar-refractivity contribution >= 4 is 11.2 Å². The van der Waals surface area contributed by atoms with E-state index in [1.54, 1.807) is 7.11 Å². The van der Waals surface area contributed by atoms with Crippen LogP contribution in [0.15, 0.2) is 18.3 Å². The lowest BCUT2D eigenvalue weighted by atomic mass is 10.1. The summed E-state index contributed by atoms with van der Waals surface area (Å²) in [6, 6.07) is 4.67. The topological polar surface area (TPSA) is 43.2 Å². The van der Waals surface area contributed by atoms with Crippen LogP contribution in [0.25, 0.3) is 11.2 Å². The van der Waals surface area contributed by atoms with E-state index in [4.69, 9.17) is 9.72 Å². The summed E-state index contributed by atoms with van der Waals surface area (Å²) in [4.78, 5) is 12.0. The second-order valence-electron chi connectivity index (χ2n) is 6.82. The van der Waals surface area contributed by atoms with Gasteiger partial charge < -0.3 is 14.2 Å². The Balaban J connectivity index is 1.79. The number of hydrogen-bond donors (Lipinski definition) is 0. The Bertz CT molecular complexity index is 637. The molecule has 2 aromatic heterocycles. The van der Waals surface area contributed by atoms with Crippen LogP contribution >= 0.6 is 0 Å². The fourth-order valence-corrected chi connectivity index (χ4v) is 3.50. The summed E-state index contributed by atoms with van der Waals surface area (Å²) in [5, 5.41) is 0. The number of aromatic nitrogens is 3. The third-order valence-electron chi connectivity index (χ3n) is 4.82. The van der Waals surface area contributed by atoms with Crippen LogP contribution in [0.5, 0.6) is 0 Å². The molecule has 1 aliphatic rings. The highest BCUT2D eigenvalue weighted by Crippen LogP contribution is 2.23. The van der Waals surface area contributed by atoms with Gasteiger partial charge in [0.25, 0.3) is 0 Å². The number of methoxy groups -OCH3 is 1. The average Bonchev–Trinajstić information content (AvgIpc) is 3.14. The van der Waals surface area contributed by atoms with Gasteiger partial charge in [-0.1, -0.05) is 0 Å². The Labute approximate surface area is 138 Å². The van der Waals surface area contributed by atoms with E-state index in [1.807, 2.05) is 12.3 Å². The van der Waals surface area contributed by atoms with Crippen molar-refractivity contribution in [1.82, 2.24) is 19.4 Å². The molecule has 0 aliphatic carbocycles. The maximum atomic E-state index is 5.19. The van der Waals surface area contributed by atoms with E-state index in [-0.39, 0.29) is 0 Å². The van der Waals surface area contributed by atoms with Gasteiger partial charge in [0.15, 0.2) is 5.65 Å². The molecule has 2 aromatic rings. The van der Waals surface area contributed by atoms with Gasteiger partial charge in [-0.25, -0.2) is 9.97 Å². The molecule has 0 bridgehead atoms. The molecular weight excluding hydrogens is 288 g/mol. The molecule has 0 spiro atoms. The molecule has 3 heterocycles. The van der Waals surface area contributed by atoms with Crippen LogP contribution in [0.4, 0.5) is 0 Å². The number of rotatable bonds is 7. The maximum Gasteiger partial charge on any atom is 0.159 e. The highest BCUT2D eigenvalue weighted by molar-refractivity contribution is 5.71. The van der Waals surface area contributed by atoms with Crippen molar-refractivity contribution in [2.24, 2.45) is 5.92 Å². The number of hydrogen-bond acceptors (Lipinski definition) is 4. The van der Waals surface area contributed by atoms with E-state index >= 15 is 0 Å². The number of pyridine rings is 1. The molecule has 126 valence electrons. The van der Waals surface area contributed by atoms with Crippen LogP contribution in [-0.4, -0.2) is 52.3 Å². The van der Waals surface area contributed by atoms with Gasteiger partial charge in [-0.15, -0.1) is 0 Å². The SMILES string of the molecule is COCCCc1nc2cccnc2n1CC1CCN(C(C)C)C1. The molecule has 23 heavy (non-hydrogen) atoms. The molecule has 0 amide bonds. The number of nitrogens with zero attached hydrogens (tertiary/aromatic N) is 4. The van der Waals surface area contributed by atoms with E-state index in [1.165, 1.54) is 19.5 Å². The predicted molar refractivity (Wildman–Crippen MR) is 92.5 cm³/mol. The van der Waals surface area contributed by atoms with Gasteiger partial charge in [-0.2, -0.15) is 0 Å². The first-order valence-corrected chi connectivity index (χ1v) is 8.72. The summed E-state index contributed by atoms with van der Waals surface area (Å²) in [5.41, 5.74) is 2.04. The quantitative estimate of drug-likeness (QED) is 0.737. The summed E-state index contributed by atoms with van der Waals surface area (Å²) < 4.78 is 7.54. The molecule has 5 heteroatoms. The normalized spacial score (nSPS) is 19.2. The van der Waals surface area contributed by atoms with Crippen LogP contribution < -0.4 is 0 Å². The summed E-state index contributed by atoms with van der Waals surface area (Å²) in [7, 11) is 1.75. The van der Waals surface area contributed by atoms with Crippen LogP contribution in [-0.2, 0) is 17.7 Å². The van der Waals surface area contributed by atoms with Crippen molar-refractivity contribution in [3.05, 3.63) is 24.2 Å². The Morgan fingerprint density at radius 3 is 3.00 bits per heavy atom. The van der Waals surface area contributed by atoms with E-state index in [9.17, 15) is 0 Å². The summed E-state index contributed by atoms with van der Waals surface area (Å²) in [6.45, 7) is 8.77. The van der Waals surface area contributed by atoms with Gasteiger partial charge in [-0.05, 0) is 51.3 Å². The molecule has 1 atom stereocenters. The molecule has 0 radical (unpaired) electrons. The largest absolute Gasteiger partial charge is 0.385 e. The van der Waals surface area contributed by atoms with Crippen LogP contribution in [0.1, 0.15) is 32.5 Å². The zero-order valence-corrected chi connectivity index (χ0v) is 14.5. The fourth-order valence-electron chi connectivity index (χ4n) is 3.50. The second kappa shape index (κ2) is 7.41. The van der Waals surface area contributed by atoms with Gasteiger partial charge >= 0.3 is 0 Å². The Hall–Kier alpha value is -1.46. The number of aryl methyl sites for hydroxylation is 1. The average molecular weight is 316 g/mol. The number of fused-ring (bicyclic) bond motifs is 1. The van der Waals surface area contributed by atoms with Gasteiger partial charge in [0.1, 0.15) is 11.3 Å². The molecule has 0 aromatic carbocycles. The molecular formula is C18H28N4O. The van der Waals surface area contributed by atoms with Crippen LogP contribution in [0.2, 0.25) is 0 Å². The van der Waals surface area contributed by atoms with Gasteiger partial charge in [0.2, 0.25) is 0 Å². The van der Waals surface area contributed by atoms with Crippen molar-refractivity contribution in [3.8, 4) is 0 Å². The maximum absolute atomic E-state index is 5.19. The van der Waals surface area contributed by atoms with Crippen molar-refractivity contribution in [1.29, 1.82) is 0 Å². The lowest BCUT2D eigenvalue weighted by molar-refractivity contribution is 0.194. The van der Waals surface area contributed by atoms with E-state index in [0.717, 1.165) is 43.0 Å². The van der Waals surface area contributed by atoms with Crippen molar-refractivity contribution in [2.45, 2.75) is 45.7 Å². The summed E-state index contributed by atoms with van der Waals surface area (Å²) in [6.07, 6.45) is 5.09. The monoisotopic (exact) mass is 316 g/mol. The smallest absolute Gasteiger partial charge is 0.159 e.